The summed E-state index contributed by atoms with van der Waals surface area (Å²) in [5, 5.41) is 12.6. The van der Waals surface area contributed by atoms with E-state index in [1.54, 1.807) is 6.92 Å². The van der Waals surface area contributed by atoms with Crippen LogP contribution in [0, 0.1) is 0 Å². The molecule has 3 aromatic rings. The average molecular weight is 557 g/mol. The Balaban J connectivity index is 1.32. The third-order valence-electron chi connectivity index (χ3n) is 8.03. The second-order valence-corrected chi connectivity index (χ2v) is 10.7. The van der Waals surface area contributed by atoms with Gasteiger partial charge in [0.25, 0.3) is 0 Å². The van der Waals surface area contributed by atoms with E-state index in [1.165, 1.54) is 4.90 Å². The smallest absolute Gasteiger partial charge is 0.407 e. The van der Waals surface area contributed by atoms with Crippen molar-refractivity contribution in [3.05, 3.63) is 95.6 Å². The highest BCUT2D eigenvalue weighted by atomic mass is 16.5. The van der Waals surface area contributed by atoms with Crippen LogP contribution in [0.4, 0.5) is 4.79 Å². The van der Waals surface area contributed by atoms with Gasteiger partial charge in [-0.1, -0.05) is 91.7 Å². The van der Waals surface area contributed by atoms with Crippen LogP contribution in [-0.2, 0) is 25.7 Å². The van der Waals surface area contributed by atoms with Gasteiger partial charge in [0.2, 0.25) is 5.91 Å². The first kappa shape index (κ1) is 28.4. The quantitative estimate of drug-likeness (QED) is 0.368. The maximum absolute atomic E-state index is 13.9. The summed E-state index contributed by atoms with van der Waals surface area (Å²) < 4.78 is 11.8. The molecule has 3 unspecified atom stereocenters. The van der Waals surface area contributed by atoms with Crippen LogP contribution in [-0.4, -0.2) is 59.3 Å². The van der Waals surface area contributed by atoms with Crippen molar-refractivity contribution in [2.75, 3.05) is 13.2 Å². The molecule has 214 valence electrons. The molecule has 0 radical (unpaired) electrons. The number of ether oxygens (including phenoxy) is 2. The standard InChI is InChI=1S/C33H36N2O6/c1-22(40-20-23-12-4-2-5-13-23)30(31(36)35-19-11-3-6-18-29(35)32(37)38)34-33(39)41-21-28-26-16-9-7-14-24(26)25-15-8-10-17-27(25)28/h2,4-5,7-10,12-17,22,28-30H,3,6,11,18-21H2,1H3,(H,34,39)(H,37,38). The maximum atomic E-state index is 13.9. The van der Waals surface area contributed by atoms with Gasteiger partial charge < -0.3 is 24.8 Å². The molecule has 0 spiro atoms. The molecule has 1 heterocycles. The molecule has 8 heteroatoms. The Morgan fingerprint density at radius 2 is 1.54 bits per heavy atom. The molecule has 3 atom stereocenters. The van der Waals surface area contributed by atoms with E-state index in [0.717, 1.165) is 40.7 Å². The van der Waals surface area contributed by atoms with E-state index in [-0.39, 0.29) is 19.1 Å². The molecule has 0 bridgehead atoms. The Morgan fingerprint density at radius 1 is 0.902 bits per heavy atom. The second-order valence-electron chi connectivity index (χ2n) is 10.7. The van der Waals surface area contributed by atoms with Gasteiger partial charge in [-0.3, -0.25) is 4.79 Å². The number of amides is 2. The number of nitrogens with one attached hydrogen (secondary N) is 1. The van der Waals surface area contributed by atoms with E-state index < -0.39 is 36.2 Å². The molecule has 8 nitrogen and oxygen atoms in total. The van der Waals surface area contributed by atoms with Crippen LogP contribution >= 0.6 is 0 Å². The Labute approximate surface area is 240 Å². The van der Waals surface area contributed by atoms with E-state index in [0.29, 0.717) is 19.4 Å². The number of rotatable bonds is 9. The van der Waals surface area contributed by atoms with Crippen LogP contribution in [0.2, 0.25) is 0 Å². The van der Waals surface area contributed by atoms with Gasteiger partial charge in [0.05, 0.1) is 12.7 Å². The number of nitrogens with zero attached hydrogens (tertiary/aromatic N) is 1. The lowest BCUT2D eigenvalue weighted by atomic mass is 9.98. The number of benzene rings is 3. The maximum Gasteiger partial charge on any atom is 0.407 e. The third-order valence-corrected chi connectivity index (χ3v) is 8.03. The highest BCUT2D eigenvalue weighted by Gasteiger charge is 2.38. The van der Waals surface area contributed by atoms with Crippen LogP contribution < -0.4 is 5.32 Å². The summed E-state index contributed by atoms with van der Waals surface area (Å²) in [7, 11) is 0. The lowest BCUT2D eigenvalue weighted by Crippen LogP contribution is -2.57. The number of aliphatic carboxylic acids is 1. The largest absolute Gasteiger partial charge is 0.480 e. The molecule has 1 aliphatic heterocycles. The molecule has 0 saturated carbocycles. The van der Waals surface area contributed by atoms with Crippen molar-refractivity contribution in [2.24, 2.45) is 0 Å². The fourth-order valence-corrected chi connectivity index (χ4v) is 5.85. The summed E-state index contributed by atoms with van der Waals surface area (Å²) >= 11 is 0. The van der Waals surface area contributed by atoms with Crippen LogP contribution in [0.5, 0.6) is 0 Å². The zero-order chi connectivity index (χ0) is 28.8. The van der Waals surface area contributed by atoms with E-state index in [4.69, 9.17) is 9.47 Å². The lowest BCUT2D eigenvalue weighted by molar-refractivity contribution is -0.152. The number of alkyl carbamates (subject to hydrolysis) is 1. The van der Waals surface area contributed by atoms with Crippen LogP contribution in [0.25, 0.3) is 11.1 Å². The second kappa shape index (κ2) is 13.0. The Morgan fingerprint density at radius 3 is 2.20 bits per heavy atom. The van der Waals surface area contributed by atoms with Crippen molar-refractivity contribution < 1.29 is 29.0 Å². The Bertz CT molecular complexity index is 1330. The molecule has 2 amide bonds. The molecule has 0 aromatic heterocycles. The van der Waals surface area contributed by atoms with Gasteiger partial charge >= 0.3 is 12.1 Å². The van der Waals surface area contributed by atoms with Crippen LogP contribution in [0.1, 0.15) is 55.2 Å². The van der Waals surface area contributed by atoms with Crippen molar-refractivity contribution in [1.29, 1.82) is 0 Å². The van der Waals surface area contributed by atoms with Gasteiger partial charge in [-0.25, -0.2) is 9.59 Å². The van der Waals surface area contributed by atoms with E-state index >= 15 is 0 Å². The average Bonchev–Trinajstić information content (AvgIpc) is 3.12. The molecular weight excluding hydrogens is 520 g/mol. The van der Waals surface area contributed by atoms with E-state index in [9.17, 15) is 19.5 Å². The molecule has 2 N–H and O–H groups in total. The molecule has 1 fully saturated rings. The molecular formula is C33H36N2O6. The number of hydrogen-bond acceptors (Lipinski definition) is 5. The van der Waals surface area contributed by atoms with Crippen LogP contribution in [0.3, 0.4) is 0 Å². The number of carboxylic acids is 1. The minimum absolute atomic E-state index is 0.0987. The SMILES string of the molecule is CC(OCc1ccccc1)C(NC(=O)OCC1c2ccccc2-c2ccccc21)C(=O)N1CCCCCC1C(=O)O. The zero-order valence-corrected chi connectivity index (χ0v) is 23.2. The van der Waals surface area contributed by atoms with Crippen molar-refractivity contribution in [3.63, 3.8) is 0 Å². The zero-order valence-electron chi connectivity index (χ0n) is 23.2. The highest BCUT2D eigenvalue weighted by Crippen LogP contribution is 2.44. The summed E-state index contributed by atoms with van der Waals surface area (Å²) in [4.78, 5) is 40.5. The first-order valence-corrected chi connectivity index (χ1v) is 14.2. The monoisotopic (exact) mass is 556 g/mol. The molecule has 5 rings (SSSR count). The molecule has 41 heavy (non-hydrogen) atoms. The number of carbonyl (C=O) groups is 3. The fourth-order valence-electron chi connectivity index (χ4n) is 5.85. The number of likely N-dealkylation sites (tertiary alicyclic amines) is 1. The summed E-state index contributed by atoms with van der Waals surface area (Å²) in [6, 6.07) is 23.6. The van der Waals surface area contributed by atoms with E-state index in [1.807, 2.05) is 66.7 Å². The molecule has 1 aliphatic carbocycles. The number of carboxylic acid groups (broad SMARTS) is 1. The highest BCUT2D eigenvalue weighted by molar-refractivity contribution is 5.90. The van der Waals surface area contributed by atoms with Gasteiger partial charge in [0.15, 0.2) is 0 Å². The lowest BCUT2D eigenvalue weighted by Gasteiger charge is -2.33. The molecule has 2 aliphatic rings. The van der Waals surface area contributed by atoms with Crippen molar-refractivity contribution in [2.45, 2.75) is 63.3 Å². The van der Waals surface area contributed by atoms with Gasteiger partial charge in [-0.05, 0) is 47.6 Å². The number of fused-ring (bicyclic) bond motifs is 3. The van der Waals surface area contributed by atoms with Gasteiger partial charge in [0.1, 0.15) is 18.7 Å². The third kappa shape index (κ3) is 6.43. The van der Waals surface area contributed by atoms with Crippen molar-refractivity contribution in [3.8, 4) is 11.1 Å². The van der Waals surface area contributed by atoms with Gasteiger partial charge in [-0.2, -0.15) is 0 Å². The van der Waals surface area contributed by atoms with E-state index in [2.05, 4.69) is 17.4 Å². The van der Waals surface area contributed by atoms with Crippen LogP contribution in [0.15, 0.2) is 78.9 Å². The van der Waals surface area contributed by atoms with Gasteiger partial charge in [0, 0.05) is 12.5 Å². The minimum Gasteiger partial charge on any atom is -0.480 e. The first-order chi connectivity index (χ1) is 19.9. The normalized spacial score (nSPS) is 18.0. The van der Waals surface area contributed by atoms with Crippen molar-refractivity contribution >= 4 is 18.0 Å². The Kier molecular flexibility index (Phi) is 8.99. The summed E-state index contributed by atoms with van der Waals surface area (Å²) in [6.45, 7) is 2.36. The fraction of sp³-hybridized carbons (Fsp3) is 0.364. The number of carbonyl (C=O) groups excluding carboxylic acids is 2. The predicted molar refractivity (Wildman–Crippen MR) is 154 cm³/mol. The molecule has 1 saturated heterocycles. The first-order valence-electron chi connectivity index (χ1n) is 14.2. The van der Waals surface area contributed by atoms with Crippen molar-refractivity contribution in [1.82, 2.24) is 10.2 Å². The van der Waals surface area contributed by atoms with Gasteiger partial charge in [-0.15, -0.1) is 0 Å². The summed E-state index contributed by atoms with van der Waals surface area (Å²) in [5.74, 6) is -1.65. The summed E-state index contributed by atoms with van der Waals surface area (Å²) in [6.07, 6.45) is 1.16. The number of hydrogen-bond donors (Lipinski definition) is 2. The topological polar surface area (TPSA) is 105 Å². The summed E-state index contributed by atoms with van der Waals surface area (Å²) in [5.41, 5.74) is 5.33. The predicted octanol–water partition coefficient (Wildman–Crippen LogP) is 5.35. The Hall–Kier alpha value is -4.17. The minimum atomic E-state index is -1.12. The molecule has 3 aromatic carbocycles.